The van der Waals surface area contributed by atoms with Gasteiger partial charge in [0, 0.05) is 6.04 Å². The smallest absolute Gasteiger partial charge is 0.0351 e. The molecule has 1 N–H and O–H groups in total. The summed E-state index contributed by atoms with van der Waals surface area (Å²) in [5, 5.41) is 3.75. The molecule has 0 heterocycles. The molecule has 0 spiro atoms. The van der Waals surface area contributed by atoms with E-state index in [1.165, 1.54) is 36.8 Å². The van der Waals surface area contributed by atoms with Crippen LogP contribution in [0.15, 0.2) is 24.3 Å². The lowest BCUT2D eigenvalue weighted by molar-refractivity contribution is 0.462. The Morgan fingerprint density at radius 2 is 2.06 bits per heavy atom. The predicted molar refractivity (Wildman–Crippen MR) is 78.7 cm³/mol. The summed E-state index contributed by atoms with van der Waals surface area (Å²) in [6.45, 7) is 8.00. The fourth-order valence-corrected chi connectivity index (χ4v) is 2.86. The largest absolute Gasteiger partial charge is 0.310 e. The van der Waals surface area contributed by atoms with Crippen molar-refractivity contribution in [1.82, 2.24) is 5.32 Å². The first-order valence-corrected chi connectivity index (χ1v) is 7.58. The van der Waals surface area contributed by atoms with Crippen LogP contribution in [0.25, 0.3) is 0 Å². The average Bonchev–Trinajstić information content (AvgIpc) is 3.08. The van der Waals surface area contributed by atoms with Crippen molar-refractivity contribution in [3.63, 3.8) is 0 Å². The molecule has 1 saturated carbocycles. The molecule has 0 radical (unpaired) electrons. The minimum atomic E-state index is 0.580. The second-order valence-electron chi connectivity index (χ2n) is 5.80. The second-order valence-corrected chi connectivity index (χ2v) is 5.80. The normalized spacial score (nSPS) is 23.9. The molecule has 1 aliphatic carbocycles. The Kier molecular flexibility index (Phi) is 4.82. The Bertz CT molecular complexity index is 372. The summed E-state index contributed by atoms with van der Waals surface area (Å²) in [6.07, 6.45) is 5.04. The molecule has 0 aliphatic heterocycles. The monoisotopic (exact) mass is 245 g/mol. The first-order valence-electron chi connectivity index (χ1n) is 7.58. The van der Waals surface area contributed by atoms with Gasteiger partial charge in [0.1, 0.15) is 0 Å². The third-order valence-corrected chi connectivity index (χ3v) is 4.06. The summed E-state index contributed by atoms with van der Waals surface area (Å²) in [5.74, 6) is 1.75. The maximum absolute atomic E-state index is 3.75. The Labute approximate surface area is 112 Å². The van der Waals surface area contributed by atoms with E-state index >= 15 is 0 Å². The van der Waals surface area contributed by atoms with E-state index in [1.54, 1.807) is 0 Å². The number of nitrogens with one attached hydrogen (secondary N) is 1. The molecular formula is C17H27N. The van der Waals surface area contributed by atoms with Crippen molar-refractivity contribution in [2.75, 3.05) is 6.54 Å². The third-order valence-electron chi connectivity index (χ3n) is 4.06. The van der Waals surface area contributed by atoms with Crippen LogP contribution < -0.4 is 5.32 Å². The van der Waals surface area contributed by atoms with Gasteiger partial charge in [0.25, 0.3) is 0 Å². The summed E-state index contributed by atoms with van der Waals surface area (Å²) in [5.41, 5.74) is 3.00. The van der Waals surface area contributed by atoms with Gasteiger partial charge in [-0.15, -0.1) is 0 Å². The van der Waals surface area contributed by atoms with Gasteiger partial charge < -0.3 is 5.32 Å². The lowest BCUT2D eigenvalue weighted by Crippen LogP contribution is -2.24. The standard InChI is InChI=1S/C17H27N/c1-4-7-14-8-6-9-15(12-14)17(18-10-5-2)16-11-13(16)3/h6,8-9,12-13,16-18H,4-5,7,10-11H2,1-3H3. The van der Waals surface area contributed by atoms with Gasteiger partial charge in [-0.3, -0.25) is 0 Å². The SMILES string of the molecule is CCCNC(c1cccc(CCC)c1)C1CC1C. The van der Waals surface area contributed by atoms with Crippen molar-refractivity contribution in [2.45, 2.75) is 52.5 Å². The van der Waals surface area contributed by atoms with Crippen LogP contribution in [0.1, 0.15) is 57.2 Å². The van der Waals surface area contributed by atoms with Gasteiger partial charge in [0.2, 0.25) is 0 Å². The fourth-order valence-electron chi connectivity index (χ4n) is 2.86. The molecule has 18 heavy (non-hydrogen) atoms. The molecule has 2 rings (SSSR count). The van der Waals surface area contributed by atoms with Crippen molar-refractivity contribution in [1.29, 1.82) is 0 Å². The number of hydrogen-bond acceptors (Lipinski definition) is 1. The Morgan fingerprint density at radius 3 is 2.67 bits per heavy atom. The number of hydrogen-bond donors (Lipinski definition) is 1. The van der Waals surface area contributed by atoms with E-state index in [2.05, 4.69) is 50.4 Å². The highest BCUT2D eigenvalue weighted by Gasteiger charge is 2.39. The molecule has 0 saturated heterocycles. The topological polar surface area (TPSA) is 12.0 Å². The van der Waals surface area contributed by atoms with Crippen LogP contribution in [0, 0.1) is 11.8 Å². The second kappa shape index (κ2) is 6.38. The van der Waals surface area contributed by atoms with Gasteiger partial charge in [-0.1, -0.05) is 51.5 Å². The molecule has 3 atom stereocenters. The van der Waals surface area contributed by atoms with Crippen molar-refractivity contribution >= 4 is 0 Å². The maximum atomic E-state index is 3.75. The lowest BCUT2D eigenvalue weighted by atomic mass is 9.97. The van der Waals surface area contributed by atoms with E-state index in [0.29, 0.717) is 6.04 Å². The molecule has 0 bridgehead atoms. The third kappa shape index (κ3) is 3.35. The quantitative estimate of drug-likeness (QED) is 0.753. The molecule has 1 fully saturated rings. The first-order chi connectivity index (χ1) is 8.76. The van der Waals surface area contributed by atoms with Crippen LogP contribution in [0.4, 0.5) is 0 Å². The molecule has 1 aromatic carbocycles. The molecule has 3 unspecified atom stereocenters. The van der Waals surface area contributed by atoms with Gasteiger partial charge >= 0.3 is 0 Å². The highest BCUT2D eigenvalue weighted by atomic mass is 14.9. The van der Waals surface area contributed by atoms with Gasteiger partial charge in [0.05, 0.1) is 0 Å². The molecule has 1 aromatic rings. The fraction of sp³-hybridized carbons (Fsp3) is 0.647. The van der Waals surface area contributed by atoms with Crippen LogP contribution >= 0.6 is 0 Å². The number of benzene rings is 1. The van der Waals surface area contributed by atoms with Crippen molar-refractivity contribution in [3.8, 4) is 0 Å². The zero-order valence-electron chi connectivity index (χ0n) is 12.1. The molecule has 1 heteroatoms. The number of rotatable bonds is 7. The first kappa shape index (κ1) is 13.6. The van der Waals surface area contributed by atoms with Gasteiger partial charge in [0.15, 0.2) is 0 Å². The van der Waals surface area contributed by atoms with E-state index < -0.39 is 0 Å². The zero-order valence-corrected chi connectivity index (χ0v) is 12.1. The van der Waals surface area contributed by atoms with Gasteiger partial charge in [-0.25, -0.2) is 0 Å². The predicted octanol–water partition coefficient (Wildman–Crippen LogP) is 4.34. The summed E-state index contributed by atoms with van der Waals surface area (Å²) in [4.78, 5) is 0. The van der Waals surface area contributed by atoms with E-state index in [9.17, 15) is 0 Å². The van der Waals surface area contributed by atoms with Crippen molar-refractivity contribution < 1.29 is 0 Å². The van der Waals surface area contributed by atoms with E-state index in [4.69, 9.17) is 0 Å². The maximum Gasteiger partial charge on any atom is 0.0351 e. The summed E-state index contributed by atoms with van der Waals surface area (Å²) in [7, 11) is 0. The van der Waals surface area contributed by atoms with E-state index in [-0.39, 0.29) is 0 Å². The lowest BCUT2D eigenvalue weighted by Gasteiger charge is -2.20. The van der Waals surface area contributed by atoms with Crippen LogP contribution in [0.3, 0.4) is 0 Å². The zero-order chi connectivity index (χ0) is 13.0. The number of aryl methyl sites for hydroxylation is 1. The van der Waals surface area contributed by atoms with Crippen molar-refractivity contribution in [2.24, 2.45) is 11.8 Å². The molecule has 100 valence electrons. The Morgan fingerprint density at radius 1 is 1.28 bits per heavy atom. The van der Waals surface area contributed by atoms with Crippen molar-refractivity contribution in [3.05, 3.63) is 35.4 Å². The Hall–Kier alpha value is -0.820. The van der Waals surface area contributed by atoms with Crippen LogP contribution in [0.2, 0.25) is 0 Å². The molecule has 0 amide bonds. The van der Waals surface area contributed by atoms with Crippen LogP contribution in [0.5, 0.6) is 0 Å². The van der Waals surface area contributed by atoms with E-state index in [0.717, 1.165) is 18.4 Å². The molecule has 1 nitrogen and oxygen atoms in total. The minimum absolute atomic E-state index is 0.580. The molecule has 0 aromatic heterocycles. The van der Waals surface area contributed by atoms with Crippen LogP contribution in [-0.2, 0) is 6.42 Å². The highest BCUT2D eigenvalue weighted by Crippen LogP contribution is 2.47. The minimum Gasteiger partial charge on any atom is -0.310 e. The Balaban J connectivity index is 2.11. The summed E-state index contributed by atoms with van der Waals surface area (Å²) < 4.78 is 0. The highest BCUT2D eigenvalue weighted by molar-refractivity contribution is 5.28. The van der Waals surface area contributed by atoms with Gasteiger partial charge in [-0.2, -0.15) is 0 Å². The van der Waals surface area contributed by atoms with E-state index in [1.807, 2.05) is 0 Å². The summed E-state index contributed by atoms with van der Waals surface area (Å²) >= 11 is 0. The summed E-state index contributed by atoms with van der Waals surface area (Å²) in [6, 6.07) is 9.80. The van der Waals surface area contributed by atoms with Crippen LogP contribution in [-0.4, -0.2) is 6.54 Å². The molecule has 1 aliphatic rings. The van der Waals surface area contributed by atoms with Gasteiger partial charge in [-0.05, 0) is 48.8 Å². The average molecular weight is 245 g/mol. The molecular weight excluding hydrogens is 218 g/mol.